The Labute approximate surface area is 213 Å². The van der Waals surface area contributed by atoms with E-state index in [0.29, 0.717) is 75.4 Å². The van der Waals surface area contributed by atoms with E-state index in [-0.39, 0.29) is 6.10 Å². The molecule has 0 bridgehead atoms. The van der Waals surface area contributed by atoms with Gasteiger partial charge in [0.05, 0.1) is 24.2 Å². The molecule has 0 aliphatic carbocycles. The molecule has 2 saturated heterocycles. The van der Waals surface area contributed by atoms with Gasteiger partial charge in [-0.05, 0) is 12.1 Å². The van der Waals surface area contributed by atoms with Crippen LogP contribution in [-0.2, 0) is 18.2 Å². The highest BCUT2D eigenvalue weighted by Gasteiger charge is 2.28. The normalized spacial score (nSPS) is 17.1. The molecule has 6 rings (SSSR count). The van der Waals surface area contributed by atoms with Gasteiger partial charge >= 0.3 is 6.09 Å². The Hall–Kier alpha value is -3.93. The summed E-state index contributed by atoms with van der Waals surface area (Å²) >= 11 is 0. The van der Waals surface area contributed by atoms with Gasteiger partial charge in [0.2, 0.25) is 5.95 Å². The van der Waals surface area contributed by atoms with Crippen LogP contribution in [0.1, 0.15) is 25.6 Å². The number of rotatable bonds is 5. The number of nitrogens with zero attached hydrogens (tertiary/aromatic N) is 8. The monoisotopic (exact) mass is 506 g/mol. The minimum atomic E-state index is -0.891. The minimum Gasteiger partial charge on any atom is -0.465 e. The molecule has 2 aliphatic heterocycles. The first-order valence-corrected chi connectivity index (χ1v) is 12.7. The van der Waals surface area contributed by atoms with Crippen LogP contribution >= 0.6 is 0 Å². The zero-order valence-corrected chi connectivity index (χ0v) is 21.0. The fraction of sp³-hybridized carbons (Fsp3) is 0.480. The second-order valence-electron chi connectivity index (χ2n) is 9.36. The van der Waals surface area contributed by atoms with Crippen molar-refractivity contribution in [2.75, 3.05) is 44.3 Å². The Morgan fingerprint density at radius 1 is 1.08 bits per heavy atom. The number of anilines is 1. The van der Waals surface area contributed by atoms with Crippen molar-refractivity contribution in [1.82, 2.24) is 34.0 Å². The number of aryl methyl sites for hydroxylation is 2. The number of likely N-dealkylation sites (tertiary alicyclic amines) is 1. The lowest BCUT2D eigenvalue weighted by molar-refractivity contribution is 0.0829. The maximum atomic E-state index is 11.3. The Balaban J connectivity index is 1.44. The van der Waals surface area contributed by atoms with Crippen molar-refractivity contribution in [2.24, 2.45) is 7.05 Å². The Morgan fingerprint density at radius 2 is 1.84 bits per heavy atom. The maximum Gasteiger partial charge on any atom is 0.407 e. The molecule has 1 aromatic carbocycles. The third-order valence-corrected chi connectivity index (χ3v) is 7.09. The lowest BCUT2D eigenvalue weighted by Gasteiger charge is -2.29. The van der Waals surface area contributed by atoms with Crippen molar-refractivity contribution < 1.29 is 19.4 Å². The van der Waals surface area contributed by atoms with E-state index in [9.17, 15) is 9.90 Å². The van der Waals surface area contributed by atoms with Gasteiger partial charge in [0, 0.05) is 52.5 Å². The third-order valence-electron chi connectivity index (χ3n) is 7.09. The number of amides is 1. The molecule has 0 saturated carbocycles. The standard InChI is InChI=1S/C25H30N8O4/c1-3-19-26-17-6-4-5-7-18(17)33(19)23-28-21-20(22(29-23)31-12-14-36-15-13-31)27-24(30(21)2)37-16-8-10-32(11-9-16)25(34)35/h4-7,16H,3,8-15H2,1-2H3,(H,34,35). The summed E-state index contributed by atoms with van der Waals surface area (Å²) < 4.78 is 15.8. The number of hydrogen-bond donors (Lipinski definition) is 1. The van der Waals surface area contributed by atoms with E-state index in [1.807, 2.05) is 40.4 Å². The van der Waals surface area contributed by atoms with Gasteiger partial charge in [-0.3, -0.25) is 9.13 Å². The number of imidazole rings is 2. The molecule has 2 fully saturated rings. The number of aromatic nitrogens is 6. The lowest BCUT2D eigenvalue weighted by atomic mass is 10.1. The first-order chi connectivity index (χ1) is 18.0. The molecule has 1 N–H and O–H groups in total. The zero-order chi connectivity index (χ0) is 25.5. The van der Waals surface area contributed by atoms with Gasteiger partial charge in [-0.1, -0.05) is 19.1 Å². The second-order valence-corrected chi connectivity index (χ2v) is 9.36. The first kappa shape index (κ1) is 23.5. The molecule has 3 aromatic heterocycles. The molecule has 37 heavy (non-hydrogen) atoms. The minimum absolute atomic E-state index is 0.116. The topological polar surface area (TPSA) is 124 Å². The molecule has 0 spiro atoms. The lowest BCUT2D eigenvalue weighted by Crippen LogP contribution is -2.41. The van der Waals surface area contributed by atoms with E-state index in [0.717, 1.165) is 29.1 Å². The predicted octanol–water partition coefficient (Wildman–Crippen LogP) is 2.62. The molecule has 2 aliphatic rings. The van der Waals surface area contributed by atoms with Gasteiger partial charge in [-0.2, -0.15) is 15.0 Å². The number of carboxylic acid groups (broad SMARTS) is 1. The third kappa shape index (κ3) is 4.20. The van der Waals surface area contributed by atoms with Crippen LogP contribution in [0.25, 0.3) is 28.1 Å². The molecular weight excluding hydrogens is 476 g/mol. The number of hydrogen-bond acceptors (Lipinski definition) is 8. The summed E-state index contributed by atoms with van der Waals surface area (Å²) in [4.78, 5) is 34.5. The number of ether oxygens (including phenoxy) is 2. The number of benzene rings is 1. The van der Waals surface area contributed by atoms with Crippen molar-refractivity contribution in [3.8, 4) is 12.0 Å². The van der Waals surface area contributed by atoms with E-state index >= 15 is 0 Å². The largest absolute Gasteiger partial charge is 0.465 e. The van der Waals surface area contributed by atoms with E-state index in [1.165, 1.54) is 4.90 Å². The van der Waals surface area contributed by atoms with Crippen molar-refractivity contribution in [3.05, 3.63) is 30.1 Å². The number of fused-ring (bicyclic) bond motifs is 2. The van der Waals surface area contributed by atoms with Crippen LogP contribution in [0, 0.1) is 0 Å². The highest BCUT2D eigenvalue weighted by molar-refractivity contribution is 5.86. The molecule has 194 valence electrons. The molecule has 0 atom stereocenters. The van der Waals surface area contributed by atoms with Gasteiger partial charge in [-0.25, -0.2) is 9.78 Å². The number of carbonyl (C=O) groups is 1. The summed E-state index contributed by atoms with van der Waals surface area (Å²) in [7, 11) is 1.89. The molecule has 5 heterocycles. The molecule has 0 radical (unpaired) electrons. The average Bonchev–Trinajstić information content (AvgIpc) is 3.46. The molecule has 12 nitrogen and oxygen atoms in total. The van der Waals surface area contributed by atoms with Gasteiger partial charge in [0.15, 0.2) is 17.0 Å². The van der Waals surface area contributed by atoms with Crippen LogP contribution in [0.15, 0.2) is 24.3 Å². The summed E-state index contributed by atoms with van der Waals surface area (Å²) in [6, 6.07) is 8.46. The SMILES string of the molecule is CCc1nc2ccccc2n1-c1nc(N2CCOCC2)c2nc(OC3CCN(C(=O)O)CC3)n(C)c2n1. The number of morpholine rings is 1. The average molecular weight is 507 g/mol. The first-order valence-electron chi connectivity index (χ1n) is 12.7. The molecule has 1 amide bonds. The van der Waals surface area contributed by atoms with E-state index in [4.69, 9.17) is 29.4 Å². The highest BCUT2D eigenvalue weighted by Crippen LogP contribution is 2.31. The summed E-state index contributed by atoms with van der Waals surface area (Å²) in [5, 5.41) is 9.25. The van der Waals surface area contributed by atoms with Gasteiger partial charge in [-0.15, -0.1) is 0 Å². The fourth-order valence-electron chi connectivity index (χ4n) is 5.07. The summed E-state index contributed by atoms with van der Waals surface area (Å²) in [6.45, 7) is 5.61. The van der Waals surface area contributed by atoms with Crippen molar-refractivity contribution in [2.45, 2.75) is 32.3 Å². The van der Waals surface area contributed by atoms with Gasteiger partial charge in [0.1, 0.15) is 11.9 Å². The number of para-hydroxylation sites is 2. The fourth-order valence-corrected chi connectivity index (χ4v) is 5.07. The van der Waals surface area contributed by atoms with Crippen molar-refractivity contribution >= 4 is 34.1 Å². The molecule has 12 heteroatoms. The maximum absolute atomic E-state index is 11.3. The Bertz CT molecular complexity index is 1450. The highest BCUT2D eigenvalue weighted by atomic mass is 16.5. The summed E-state index contributed by atoms with van der Waals surface area (Å²) in [5.41, 5.74) is 3.20. The van der Waals surface area contributed by atoms with Crippen molar-refractivity contribution in [1.29, 1.82) is 0 Å². The van der Waals surface area contributed by atoms with Gasteiger partial charge in [0.25, 0.3) is 6.01 Å². The van der Waals surface area contributed by atoms with Crippen LogP contribution in [0.4, 0.5) is 10.6 Å². The number of piperidine rings is 1. The Morgan fingerprint density at radius 3 is 2.57 bits per heavy atom. The quantitative estimate of drug-likeness (QED) is 0.435. The Kier molecular flexibility index (Phi) is 6.03. The van der Waals surface area contributed by atoms with Crippen molar-refractivity contribution in [3.63, 3.8) is 0 Å². The smallest absolute Gasteiger partial charge is 0.407 e. The van der Waals surface area contributed by atoms with E-state index in [2.05, 4.69) is 11.8 Å². The van der Waals surface area contributed by atoms with E-state index < -0.39 is 6.09 Å². The summed E-state index contributed by atoms with van der Waals surface area (Å²) in [6.07, 6.45) is 0.956. The molecule has 4 aromatic rings. The van der Waals surface area contributed by atoms with Crippen LogP contribution in [-0.4, -0.2) is 90.7 Å². The molecular formula is C25H30N8O4. The van der Waals surface area contributed by atoms with E-state index in [1.54, 1.807) is 0 Å². The summed E-state index contributed by atoms with van der Waals surface area (Å²) in [5.74, 6) is 2.18. The van der Waals surface area contributed by atoms with Crippen LogP contribution in [0.2, 0.25) is 0 Å². The predicted molar refractivity (Wildman–Crippen MR) is 137 cm³/mol. The van der Waals surface area contributed by atoms with Gasteiger partial charge < -0.3 is 24.4 Å². The zero-order valence-electron chi connectivity index (χ0n) is 21.0. The second kappa shape index (κ2) is 9.51. The van der Waals surface area contributed by atoms with Crippen LogP contribution in [0.5, 0.6) is 6.01 Å². The molecule has 0 unspecified atom stereocenters. The van der Waals surface area contributed by atoms with Crippen LogP contribution in [0.3, 0.4) is 0 Å². The van der Waals surface area contributed by atoms with Crippen LogP contribution < -0.4 is 9.64 Å².